The number of aryl methyl sites for hydroxylation is 1. The first kappa shape index (κ1) is 21.8. The number of rotatable bonds is 6. The van der Waals surface area contributed by atoms with E-state index in [1.54, 1.807) is 12.4 Å². The molecular weight excluding hydrogens is 424 g/mol. The predicted molar refractivity (Wildman–Crippen MR) is 124 cm³/mol. The highest BCUT2D eigenvalue weighted by Crippen LogP contribution is 2.45. The van der Waals surface area contributed by atoms with E-state index in [2.05, 4.69) is 15.3 Å². The average Bonchev–Trinajstić information content (AvgIpc) is 3.19. The van der Waals surface area contributed by atoms with E-state index in [4.69, 9.17) is 4.74 Å². The van der Waals surface area contributed by atoms with Crippen molar-refractivity contribution in [1.82, 2.24) is 15.2 Å². The highest BCUT2D eigenvalue weighted by molar-refractivity contribution is 8.16. The number of nitrogens with one attached hydrogen (secondary N) is 1. The second-order valence-electron chi connectivity index (χ2n) is 7.56. The number of amides is 1. The number of esters is 1. The maximum Gasteiger partial charge on any atom is 0.338 e. The molecule has 0 bridgehead atoms. The Labute approximate surface area is 191 Å². The smallest absolute Gasteiger partial charge is 0.338 e. The number of carbonyl (C=O) groups excluding carboxylic acids is 2. The topological polar surface area (TPSA) is 83.9 Å². The molecule has 2 aromatic rings. The maximum absolute atomic E-state index is 12.8. The molecule has 2 aliphatic rings. The van der Waals surface area contributed by atoms with Gasteiger partial charge in [-0.3, -0.25) is 9.78 Å². The number of hydrogen-bond donors (Lipinski definition) is 1. The molecule has 164 valence electrons. The average molecular weight is 449 g/mol. The van der Waals surface area contributed by atoms with Crippen LogP contribution < -0.4 is 5.32 Å². The van der Waals surface area contributed by atoms with Gasteiger partial charge >= 0.3 is 5.97 Å². The van der Waals surface area contributed by atoms with Crippen LogP contribution in [0.4, 0.5) is 0 Å². The lowest BCUT2D eigenvalue weighted by atomic mass is 9.91. The van der Waals surface area contributed by atoms with E-state index in [1.165, 1.54) is 18.9 Å². The Morgan fingerprint density at radius 1 is 1.19 bits per heavy atom. The standard InChI is InChI=1S/C24H24N4O3S/c1-15-7-4-5-9-19(15)22-21(23(30)31-3)16(2)27-24-28(22)18(14-32-24)11-20(29)26-13-17-8-6-10-25-12-17/h4-10,12,14,22H,11,13H2,1-3H3,(H,26,29)/t22-/m0/s1. The second-order valence-corrected chi connectivity index (χ2v) is 8.39. The minimum absolute atomic E-state index is 0.114. The number of methoxy groups -OCH3 is 1. The van der Waals surface area contributed by atoms with Crippen molar-refractivity contribution in [1.29, 1.82) is 0 Å². The number of fused-ring (bicyclic) bond motifs is 1. The fourth-order valence-corrected chi connectivity index (χ4v) is 4.82. The van der Waals surface area contributed by atoms with E-state index in [1.807, 2.05) is 60.6 Å². The van der Waals surface area contributed by atoms with Crippen molar-refractivity contribution in [2.24, 2.45) is 4.99 Å². The Balaban J connectivity index is 1.62. The molecule has 0 radical (unpaired) electrons. The molecule has 3 heterocycles. The molecule has 1 amide bonds. The lowest BCUT2D eigenvalue weighted by Gasteiger charge is -2.36. The van der Waals surface area contributed by atoms with Crippen LogP contribution in [0.25, 0.3) is 0 Å². The van der Waals surface area contributed by atoms with Crippen LogP contribution in [-0.4, -0.2) is 34.0 Å². The largest absolute Gasteiger partial charge is 0.466 e. The number of ether oxygens (including phenoxy) is 1. The number of aliphatic imine (C=N–C) groups is 1. The highest BCUT2D eigenvalue weighted by atomic mass is 32.2. The Hall–Kier alpha value is -3.39. The van der Waals surface area contributed by atoms with Gasteiger partial charge in [0.05, 0.1) is 30.8 Å². The van der Waals surface area contributed by atoms with E-state index in [9.17, 15) is 9.59 Å². The molecule has 4 rings (SSSR count). The number of benzene rings is 1. The summed E-state index contributed by atoms with van der Waals surface area (Å²) in [6, 6.07) is 11.3. The summed E-state index contributed by atoms with van der Waals surface area (Å²) in [6.45, 7) is 4.24. The zero-order valence-electron chi connectivity index (χ0n) is 18.2. The zero-order chi connectivity index (χ0) is 22.7. The fraction of sp³-hybridized carbons (Fsp3) is 0.250. The summed E-state index contributed by atoms with van der Waals surface area (Å²) < 4.78 is 5.10. The number of allylic oxidation sites excluding steroid dienone is 1. The van der Waals surface area contributed by atoms with Gasteiger partial charge < -0.3 is 15.0 Å². The van der Waals surface area contributed by atoms with Crippen molar-refractivity contribution >= 4 is 28.8 Å². The van der Waals surface area contributed by atoms with Crippen LogP contribution in [-0.2, 0) is 20.9 Å². The lowest BCUT2D eigenvalue weighted by molar-refractivity contribution is -0.136. The molecule has 0 aliphatic carbocycles. The molecule has 1 aromatic carbocycles. The summed E-state index contributed by atoms with van der Waals surface area (Å²) in [7, 11) is 1.37. The molecule has 0 saturated heterocycles. The minimum atomic E-state index is -0.421. The van der Waals surface area contributed by atoms with Crippen LogP contribution in [0.2, 0.25) is 0 Å². The van der Waals surface area contributed by atoms with E-state index in [0.29, 0.717) is 17.8 Å². The summed E-state index contributed by atoms with van der Waals surface area (Å²) in [5, 5.41) is 5.62. The number of amidine groups is 1. The van der Waals surface area contributed by atoms with Crippen LogP contribution in [0.15, 0.2) is 76.2 Å². The quantitative estimate of drug-likeness (QED) is 0.676. The van der Waals surface area contributed by atoms with Crippen molar-refractivity contribution in [3.63, 3.8) is 0 Å². The summed E-state index contributed by atoms with van der Waals surface area (Å²) in [5.41, 5.74) is 4.85. The van der Waals surface area contributed by atoms with Gasteiger partial charge in [-0.05, 0) is 42.0 Å². The molecule has 2 aliphatic heterocycles. The maximum atomic E-state index is 12.8. The molecule has 8 heteroatoms. The van der Waals surface area contributed by atoms with Crippen molar-refractivity contribution in [3.8, 4) is 0 Å². The first-order chi connectivity index (χ1) is 15.5. The fourth-order valence-electron chi connectivity index (χ4n) is 3.86. The number of pyridine rings is 1. The normalized spacial score (nSPS) is 17.5. The van der Waals surface area contributed by atoms with Crippen molar-refractivity contribution in [2.75, 3.05) is 7.11 Å². The molecule has 7 nitrogen and oxygen atoms in total. The van der Waals surface area contributed by atoms with E-state index in [-0.39, 0.29) is 12.3 Å². The van der Waals surface area contributed by atoms with E-state index >= 15 is 0 Å². The van der Waals surface area contributed by atoms with Gasteiger partial charge in [0.25, 0.3) is 0 Å². The zero-order valence-corrected chi connectivity index (χ0v) is 19.0. The van der Waals surface area contributed by atoms with Gasteiger partial charge in [-0.25, -0.2) is 9.79 Å². The van der Waals surface area contributed by atoms with Gasteiger partial charge in [-0.1, -0.05) is 42.1 Å². The Kier molecular flexibility index (Phi) is 6.41. The molecule has 1 aromatic heterocycles. The third-order valence-electron chi connectivity index (χ3n) is 5.44. The predicted octanol–water partition coefficient (Wildman–Crippen LogP) is 3.84. The first-order valence-electron chi connectivity index (χ1n) is 10.2. The van der Waals surface area contributed by atoms with Crippen LogP contribution in [0, 0.1) is 6.92 Å². The van der Waals surface area contributed by atoms with Crippen LogP contribution in [0.1, 0.15) is 36.1 Å². The van der Waals surface area contributed by atoms with Gasteiger partial charge in [-0.15, -0.1) is 0 Å². The molecule has 1 atom stereocenters. The van der Waals surface area contributed by atoms with E-state index < -0.39 is 12.0 Å². The summed E-state index contributed by atoms with van der Waals surface area (Å²) in [6.07, 6.45) is 3.59. The minimum Gasteiger partial charge on any atom is -0.466 e. The van der Waals surface area contributed by atoms with Crippen LogP contribution in [0.3, 0.4) is 0 Å². The lowest BCUT2D eigenvalue weighted by Crippen LogP contribution is -2.38. The number of thioether (sulfide) groups is 1. The highest BCUT2D eigenvalue weighted by Gasteiger charge is 2.41. The van der Waals surface area contributed by atoms with Crippen LogP contribution in [0.5, 0.6) is 0 Å². The van der Waals surface area contributed by atoms with Gasteiger partial charge in [-0.2, -0.15) is 0 Å². The van der Waals surface area contributed by atoms with Crippen molar-refractivity contribution in [2.45, 2.75) is 32.9 Å². The van der Waals surface area contributed by atoms with Crippen LogP contribution >= 0.6 is 11.8 Å². The molecule has 0 fully saturated rings. The number of nitrogens with zero attached hydrogens (tertiary/aromatic N) is 3. The van der Waals surface area contributed by atoms with Gasteiger partial charge in [0.1, 0.15) is 0 Å². The molecule has 0 spiro atoms. The van der Waals surface area contributed by atoms with Crippen molar-refractivity contribution in [3.05, 3.63) is 87.9 Å². The first-order valence-corrected chi connectivity index (χ1v) is 11.1. The van der Waals surface area contributed by atoms with Gasteiger partial charge in [0.2, 0.25) is 5.91 Å². The van der Waals surface area contributed by atoms with Crippen molar-refractivity contribution < 1.29 is 14.3 Å². The Bertz CT molecular complexity index is 1140. The van der Waals surface area contributed by atoms with Gasteiger partial charge in [0.15, 0.2) is 5.17 Å². The summed E-state index contributed by atoms with van der Waals surface area (Å²) >= 11 is 1.46. The monoisotopic (exact) mass is 448 g/mol. The SMILES string of the molecule is COC(=O)C1=C(C)N=C2SC=C(CC(=O)NCc3cccnc3)N2[C@H]1c1ccccc1C. The third kappa shape index (κ3) is 4.31. The molecule has 1 N–H and O–H groups in total. The third-order valence-corrected chi connectivity index (χ3v) is 6.33. The molecular formula is C24H24N4O3S. The van der Waals surface area contributed by atoms with Gasteiger partial charge in [0, 0.05) is 24.6 Å². The summed E-state index contributed by atoms with van der Waals surface area (Å²) in [4.78, 5) is 36.2. The number of carbonyl (C=O) groups is 2. The molecule has 32 heavy (non-hydrogen) atoms. The Morgan fingerprint density at radius 3 is 2.72 bits per heavy atom. The summed E-state index contributed by atoms with van der Waals surface area (Å²) in [5.74, 6) is -0.535. The second kappa shape index (κ2) is 9.40. The number of hydrogen-bond acceptors (Lipinski definition) is 7. The molecule has 0 saturated carbocycles. The molecule has 0 unspecified atom stereocenters. The van der Waals surface area contributed by atoms with E-state index in [0.717, 1.165) is 27.6 Å². The number of aromatic nitrogens is 1. The Morgan fingerprint density at radius 2 is 2.00 bits per heavy atom.